The predicted molar refractivity (Wildman–Crippen MR) is 76.0 cm³/mol. The maximum atomic E-state index is 13.5. The third-order valence-electron chi connectivity index (χ3n) is 3.30. The van der Waals surface area contributed by atoms with Gasteiger partial charge < -0.3 is 14.7 Å². The second-order valence-electron chi connectivity index (χ2n) is 5.04. The van der Waals surface area contributed by atoms with Gasteiger partial charge in [-0.15, -0.1) is 0 Å². The Kier molecular flexibility index (Phi) is 4.99. The average Bonchev–Trinajstić information content (AvgIpc) is 3.21. The van der Waals surface area contributed by atoms with Crippen LogP contribution in [0, 0.1) is 11.7 Å². The summed E-state index contributed by atoms with van der Waals surface area (Å²) in [5.74, 6) is -0.451. The number of rotatable bonds is 6. The number of hydrogen-bond acceptors (Lipinski definition) is 3. The van der Waals surface area contributed by atoms with Crippen LogP contribution in [0.5, 0.6) is 5.75 Å². The first kappa shape index (κ1) is 15.3. The van der Waals surface area contributed by atoms with Crippen molar-refractivity contribution in [3.05, 3.63) is 28.5 Å². The number of ether oxygens (including phenoxy) is 1. The number of hydrogen-bond donors (Lipinski definition) is 1. The fraction of sp³-hybridized carbons (Fsp3) is 0.500. The summed E-state index contributed by atoms with van der Waals surface area (Å²) in [6.45, 7) is 0.0438. The third kappa shape index (κ3) is 4.18. The molecule has 1 atom stereocenters. The summed E-state index contributed by atoms with van der Waals surface area (Å²) in [5, 5.41) is 9.77. The van der Waals surface area contributed by atoms with Gasteiger partial charge in [-0.1, -0.05) is 15.9 Å². The van der Waals surface area contributed by atoms with E-state index in [4.69, 9.17) is 4.74 Å². The zero-order chi connectivity index (χ0) is 14.7. The van der Waals surface area contributed by atoms with Gasteiger partial charge in [-0.25, -0.2) is 4.39 Å². The molecule has 1 aliphatic rings. The van der Waals surface area contributed by atoms with Gasteiger partial charge in [-0.3, -0.25) is 4.79 Å². The average molecular weight is 346 g/mol. The van der Waals surface area contributed by atoms with E-state index < -0.39 is 11.9 Å². The van der Waals surface area contributed by atoms with Crippen LogP contribution in [-0.4, -0.2) is 42.2 Å². The molecule has 0 bridgehead atoms. The number of benzene rings is 1. The molecule has 1 unspecified atom stereocenters. The highest BCUT2D eigenvalue weighted by atomic mass is 79.9. The molecule has 2 rings (SSSR count). The molecule has 1 aliphatic carbocycles. The first-order valence-electron chi connectivity index (χ1n) is 6.47. The van der Waals surface area contributed by atoms with Crippen molar-refractivity contribution < 1.29 is 19.0 Å². The Labute approximate surface area is 125 Å². The molecule has 1 saturated carbocycles. The number of aliphatic hydroxyl groups excluding tert-OH is 1. The van der Waals surface area contributed by atoms with Crippen molar-refractivity contribution in [2.24, 2.45) is 5.92 Å². The van der Waals surface area contributed by atoms with Crippen molar-refractivity contribution in [1.29, 1.82) is 0 Å². The predicted octanol–water partition coefficient (Wildman–Crippen LogP) is 2.20. The molecule has 0 heterocycles. The van der Waals surface area contributed by atoms with Crippen molar-refractivity contribution in [3.63, 3.8) is 0 Å². The molecule has 1 aromatic rings. The molecular weight excluding hydrogens is 329 g/mol. The Morgan fingerprint density at radius 2 is 2.30 bits per heavy atom. The van der Waals surface area contributed by atoms with Gasteiger partial charge in [0.25, 0.3) is 5.91 Å². The first-order valence-corrected chi connectivity index (χ1v) is 7.26. The largest absolute Gasteiger partial charge is 0.481 e. The lowest BCUT2D eigenvalue weighted by atomic mass is 10.2. The summed E-state index contributed by atoms with van der Waals surface area (Å²) in [4.78, 5) is 13.2. The molecule has 110 valence electrons. The number of likely N-dealkylation sites (N-methyl/N-ethyl adjacent to an activating group) is 1. The van der Waals surface area contributed by atoms with Gasteiger partial charge in [-0.05, 0) is 37.0 Å². The quantitative estimate of drug-likeness (QED) is 0.859. The first-order chi connectivity index (χ1) is 9.47. The van der Waals surface area contributed by atoms with Gasteiger partial charge in [0.05, 0.1) is 6.10 Å². The van der Waals surface area contributed by atoms with Crippen LogP contribution >= 0.6 is 15.9 Å². The van der Waals surface area contributed by atoms with Gasteiger partial charge in [0.15, 0.2) is 18.2 Å². The Balaban J connectivity index is 1.81. The molecule has 0 saturated heterocycles. The van der Waals surface area contributed by atoms with Gasteiger partial charge >= 0.3 is 0 Å². The zero-order valence-electron chi connectivity index (χ0n) is 11.2. The smallest absolute Gasteiger partial charge is 0.260 e. The van der Waals surface area contributed by atoms with E-state index in [0.29, 0.717) is 10.4 Å². The van der Waals surface area contributed by atoms with E-state index in [-0.39, 0.29) is 24.8 Å². The minimum atomic E-state index is -0.521. The Morgan fingerprint density at radius 1 is 1.60 bits per heavy atom. The van der Waals surface area contributed by atoms with Crippen LogP contribution < -0.4 is 4.74 Å². The Bertz CT molecular complexity index is 493. The molecule has 20 heavy (non-hydrogen) atoms. The molecule has 1 N–H and O–H groups in total. The van der Waals surface area contributed by atoms with Crippen LogP contribution in [0.25, 0.3) is 0 Å². The van der Waals surface area contributed by atoms with Crippen molar-refractivity contribution >= 4 is 21.8 Å². The molecule has 0 radical (unpaired) electrons. The SMILES string of the molecule is CN(CC(O)C1CC1)C(=O)COc1ccc(Br)cc1F. The summed E-state index contributed by atoms with van der Waals surface area (Å²) in [6.07, 6.45) is 1.56. The summed E-state index contributed by atoms with van der Waals surface area (Å²) in [5.41, 5.74) is 0. The van der Waals surface area contributed by atoms with Gasteiger partial charge in [0.2, 0.25) is 0 Å². The Hall–Kier alpha value is -1.14. The topological polar surface area (TPSA) is 49.8 Å². The molecule has 1 amide bonds. The molecular formula is C14H17BrFNO3. The molecule has 0 aliphatic heterocycles. The maximum absolute atomic E-state index is 13.5. The van der Waals surface area contributed by atoms with Crippen molar-refractivity contribution in [2.45, 2.75) is 18.9 Å². The molecule has 1 aromatic carbocycles. The highest BCUT2D eigenvalue weighted by Gasteiger charge is 2.31. The van der Waals surface area contributed by atoms with E-state index in [1.165, 1.54) is 17.0 Å². The normalized spacial score (nSPS) is 15.8. The number of aliphatic hydroxyl groups is 1. The van der Waals surface area contributed by atoms with E-state index in [9.17, 15) is 14.3 Å². The second-order valence-corrected chi connectivity index (χ2v) is 5.96. The maximum Gasteiger partial charge on any atom is 0.260 e. The summed E-state index contributed by atoms with van der Waals surface area (Å²) in [6, 6.07) is 4.38. The van der Waals surface area contributed by atoms with E-state index in [0.717, 1.165) is 12.8 Å². The number of carbonyl (C=O) groups is 1. The number of nitrogens with zero attached hydrogens (tertiary/aromatic N) is 1. The minimum Gasteiger partial charge on any atom is -0.481 e. The monoisotopic (exact) mass is 345 g/mol. The zero-order valence-corrected chi connectivity index (χ0v) is 12.8. The van der Waals surface area contributed by atoms with Crippen LogP contribution in [0.2, 0.25) is 0 Å². The lowest BCUT2D eigenvalue weighted by Gasteiger charge is -2.20. The van der Waals surface area contributed by atoms with Crippen molar-refractivity contribution in [1.82, 2.24) is 4.90 Å². The fourth-order valence-corrected chi connectivity index (χ4v) is 2.19. The highest BCUT2D eigenvalue weighted by molar-refractivity contribution is 9.10. The minimum absolute atomic E-state index is 0.0395. The number of carbonyl (C=O) groups excluding carboxylic acids is 1. The Morgan fingerprint density at radius 3 is 2.90 bits per heavy atom. The van der Waals surface area contributed by atoms with Gasteiger partial charge in [0, 0.05) is 18.1 Å². The number of amides is 1. The third-order valence-corrected chi connectivity index (χ3v) is 3.79. The van der Waals surface area contributed by atoms with E-state index in [1.54, 1.807) is 13.1 Å². The molecule has 0 aromatic heterocycles. The summed E-state index contributed by atoms with van der Waals surface area (Å²) in [7, 11) is 1.61. The molecule has 0 spiro atoms. The molecule has 4 nitrogen and oxygen atoms in total. The molecule has 6 heteroatoms. The van der Waals surface area contributed by atoms with Crippen LogP contribution in [0.3, 0.4) is 0 Å². The molecule has 1 fully saturated rings. The summed E-state index contributed by atoms with van der Waals surface area (Å²) >= 11 is 3.15. The van der Waals surface area contributed by atoms with Crippen LogP contribution in [0.15, 0.2) is 22.7 Å². The van der Waals surface area contributed by atoms with E-state index in [2.05, 4.69) is 15.9 Å². The van der Waals surface area contributed by atoms with Crippen molar-refractivity contribution in [3.8, 4) is 5.75 Å². The van der Waals surface area contributed by atoms with Crippen LogP contribution in [0.1, 0.15) is 12.8 Å². The summed E-state index contributed by atoms with van der Waals surface area (Å²) < 4.78 is 19.3. The highest BCUT2D eigenvalue weighted by Crippen LogP contribution is 2.32. The second kappa shape index (κ2) is 6.54. The standard InChI is InChI=1S/C14H17BrFNO3/c1-17(7-12(18)9-2-3-9)14(19)8-20-13-5-4-10(15)6-11(13)16/h4-6,9,12,18H,2-3,7-8H2,1H3. The van der Waals surface area contributed by atoms with Gasteiger partial charge in [0.1, 0.15) is 0 Å². The lowest BCUT2D eigenvalue weighted by molar-refractivity contribution is -0.133. The van der Waals surface area contributed by atoms with Gasteiger partial charge in [-0.2, -0.15) is 0 Å². The number of halogens is 2. The fourth-order valence-electron chi connectivity index (χ4n) is 1.85. The van der Waals surface area contributed by atoms with E-state index in [1.807, 2.05) is 0 Å². The van der Waals surface area contributed by atoms with E-state index >= 15 is 0 Å². The van der Waals surface area contributed by atoms with Crippen LogP contribution in [0.4, 0.5) is 4.39 Å². The van der Waals surface area contributed by atoms with Crippen LogP contribution in [-0.2, 0) is 4.79 Å². The lowest BCUT2D eigenvalue weighted by Crippen LogP contribution is -2.38. The van der Waals surface area contributed by atoms with Crippen molar-refractivity contribution in [2.75, 3.05) is 20.2 Å².